The van der Waals surface area contributed by atoms with E-state index >= 15 is 0 Å². The third-order valence-corrected chi connectivity index (χ3v) is 5.14. The molecule has 0 bridgehead atoms. The van der Waals surface area contributed by atoms with Crippen molar-refractivity contribution in [2.45, 2.75) is 45.1 Å². The number of nitrogens with one attached hydrogen (secondary N) is 1. The maximum Gasteiger partial charge on any atom is 0.229 e. The van der Waals surface area contributed by atoms with E-state index < -0.39 is 0 Å². The molecule has 6 heteroatoms. The van der Waals surface area contributed by atoms with E-state index in [4.69, 9.17) is 10.1 Å². The minimum Gasteiger partial charge on any atom is -0.396 e. The summed E-state index contributed by atoms with van der Waals surface area (Å²) in [5.41, 5.74) is 2.94. The first-order valence-electron chi connectivity index (χ1n) is 9.47. The van der Waals surface area contributed by atoms with Crippen molar-refractivity contribution in [3.05, 3.63) is 42.2 Å². The number of benzene rings is 1. The van der Waals surface area contributed by atoms with Crippen molar-refractivity contribution < 1.29 is 5.11 Å². The minimum atomic E-state index is 0.164. The van der Waals surface area contributed by atoms with Crippen molar-refractivity contribution in [3.63, 3.8) is 0 Å². The minimum absolute atomic E-state index is 0.164. The Morgan fingerprint density at radius 2 is 1.88 bits per heavy atom. The lowest BCUT2D eigenvalue weighted by Crippen LogP contribution is -2.15. The summed E-state index contributed by atoms with van der Waals surface area (Å²) in [6.07, 6.45) is 11.0. The summed E-state index contributed by atoms with van der Waals surface area (Å²) in [6, 6.07) is 7.98. The van der Waals surface area contributed by atoms with E-state index in [2.05, 4.69) is 15.4 Å². The van der Waals surface area contributed by atoms with Crippen LogP contribution in [-0.2, 0) is 13.0 Å². The summed E-state index contributed by atoms with van der Waals surface area (Å²) in [7, 11) is 0. The van der Waals surface area contributed by atoms with Gasteiger partial charge in [-0.1, -0.05) is 31.4 Å². The van der Waals surface area contributed by atoms with Crippen molar-refractivity contribution in [2.24, 2.45) is 5.92 Å². The molecule has 3 aromatic rings. The fourth-order valence-electron chi connectivity index (χ4n) is 3.69. The highest BCUT2D eigenvalue weighted by atomic mass is 16.2. The standard InChI is InChI=1S/C20H25N5O/c26-11-10-15-6-8-18(9-7-15)23-20-21-12-17-13-22-25(19(17)24-20)14-16-4-2-1-3-5-16/h6-9,12-13,16,26H,1-5,10-11,14H2,(H,21,23,24). The maximum atomic E-state index is 9.00. The molecular formula is C20H25N5O. The highest BCUT2D eigenvalue weighted by Crippen LogP contribution is 2.26. The lowest BCUT2D eigenvalue weighted by molar-refractivity contribution is 0.299. The molecule has 2 N–H and O–H groups in total. The number of hydrogen-bond donors (Lipinski definition) is 2. The number of aliphatic hydroxyl groups excluding tert-OH is 1. The van der Waals surface area contributed by atoms with Gasteiger partial charge in [-0.05, 0) is 42.9 Å². The Labute approximate surface area is 153 Å². The second-order valence-corrected chi connectivity index (χ2v) is 7.10. The van der Waals surface area contributed by atoms with Crippen molar-refractivity contribution in [3.8, 4) is 0 Å². The van der Waals surface area contributed by atoms with Crippen LogP contribution in [0.2, 0.25) is 0 Å². The number of fused-ring (bicyclic) bond motifs is 1. The van der Waals surface area contributed by atoms with Gasteiger partial charge in [-0.25, -0.2) is 9.67 Å². The van der Waals surface area contributed by atoms with Crippen molar-refractivity contribution in [1.82, 2.24) is 19.7 Å². The number of hydrogen-bond acceptors (Lipinski definition) is 5. The smallest absolute Gasteiger partial charge is 0.229 e. The quantitative estimate of drug-likeness (QED) is 0.708. The molecular weight excluding hydrogens is 326 g/mol. The van der Waals surface area contributed by atoms with E-state index in [1.807, 2.05) is 41.3 Å². The van der Waals surface area contributed by atoms with Gasteiger partial charge in [0.25, 0.3) is 0 Å². The Balaban J connectivity index is 1.51. The van der Waals surface area contributed by atoms with E-state index in [1.165, 1.54) is 32.1 Å². The largest absolute Gasteiger partial charge is 0.396 e. The molecule has 0 radical (unpaired) electrons. The molecule has 6 nitrogen and oxygen atoms in total. The van der Waals surface area contributed by atoms with Gasteiger partial charge in [-0.15, -0.1) is 0 Å². The Bertz CT molecular complexity index is 852. The molecule has 26 heavy (non-hydrogen) atoms. The predicted octanol–water partition coefficient (Wildman–Crippen LogP) is 3.69. The third-order valence-electron chi connectivity index (χ3n) is 5.14. The number of aliphatic hydroxyl groups is 1. The van der Waals surface area contributed by atoms with Crippen molar-refractivity contribution in [1.29, 1.82) is 0 Å². The van der Waals surface area contributed by atoms with E-state index in [1.54, 1.807) is 0 Å². The SMILES string of the molecule is OCCc1ccc(Nc2ncc3cnn(CC4CCCCC4)c3n2)cc1. The molecule has 1 aliphatic carbocycles. The van der Waals surface area contributed by atoms with Crippen molar-refractivity contribution >= 4 is 22.7 Å². The average molecular weight is 351 g/mol. The molecule has 2 aromatic heterocycles. The molecule has 4 rings (SSSR count). The molecule has 1 saturated carbocycles. The average Bonchev–Trinajstić information content (AvgIpc) is 3.07. The molecule has 0 saturated heterocycles. The molecule has 0 spiro atoms. The summed E-state index contributed by atoms with van der Waals surface area (Å²) in [5.74, 6) is 1.29. The predicted molar refractivity (Wildman–Crippen MR) is 102 cm³/mol. The first kappa shape index (κ1) is 17.0. The fourth-order valence-corrected chi connectivity index (χ4v) is 3.69. The lowest BCUT2D eigenvalue weighted by atomic mass is 9.89. The third kappa shape index (κ3) is 3.85. The molecule has 2 heterocycles. The van der Waals surface area contributed by atoms with Crippen LogP contribution in [0.4, 0.5) is 11.6 Å². The van der Waals surface area contributed by atoms with Crippen LogP contribution in [0.3, 0.4) is 0 Å². The van der Waals surface area contributed by atoms with Gasteiger partial charge in [0.2, 0.25) is 5.95 Å². The van der Waals surface area contributed by atoms with Gasteiger partial charge in [0.15, 0.2) is 5.65 Å². The van der Waals surface area contributed by atoms with Gasteiger partial charge < -0.3 is 10.4 Å². The zero-order chi connectivity index (χ0) is 17.8. The normalized spacial score (nSPS) is 15.4. The summed E-state index contributed by atoms with van der Waals surface area (Å²) in [5, 5.41) is 17.8. The topological polar surface area (TPSA) is 75.9 Å². The van der Waals surface area contributed by atoms with Gasteiger partial charge in [-0.2, -0.15) is 10.1 Å². The number of rotatable bonds is 6. The zero-order valence-corrected chi connectivity index (χ0v) is 14.9. The van der Waals surface area contributed by atoms with Crippen LogP contribution < -0.4 is 5.32 Å². The Morgan fingerprint density at radius 1 is 1.08 bits per heavy atom. The van der Waals surface area contributed by atoms with Crippen LogP contribution in [0.15, 0.2) is 36.7 Å². The van der Waals surface area contributed by atoms with E-state index in [0.717, 1.165) is 28.8 Å². The van der Waals surface area contributed by atoms with Crippen LogP contribution in [0.25, 0.3) is 11.0 Å². The number of nitrogens with zero attached hydrogens (tertiary/aromatic N) is 4. The zero-order valence-electron chi connectivity index (χ0n) is 14.9. The number of anilines is 2. The molecule has 0 amide bonds. The van der Waals surface area contributed by atoms with Crippen LogP contribution in [0, 0.1) is 5.92 Å². The second kappa shape index (κ2) is 7.83. The molecule has 1 fully saturated rings. The summed E-state index contributed by atoms with van der Waals surface area (Å²) in [6.45, 7) is 1.10. The Morgan fingerprint density at radius 3 is 2.65 bits per heavy atom. The van der Waals surface area contributed by atoms with Crippen LogP contribution >= 0.6 is 0 Å². The summed E-state index contributed by atoms with van der Waals surface area (Å²) < 4.78 is 2.03. The Hall–Kier alpha value is -2.47. The summed E-state index contributed by atoms with van der Waals surface area (Å²) in [4.78, 5) is 9.10. The molecule has 1 aliphatic rings. The van der Waals surface area contributed by atoms with Gasteiger partial charge in [0.05, 0.1) is 11.6 Å². The molecule has 0 aliphatic heterocycles. The van der Waals surface area contributed by atoms with Gasteiger partial charge >= 0.3 is 0 Å². The lowest BCUT2D eigenvalue weighted by Gasteiger charge is -2.21. The van der Waals surface area contributed by atoms with Crippen LogP contribution in [-0.4, -0.2) is 31.5 Å². The molecule has 0 atom stereocenters. The molecule has 0 unspecified atom stereocenters. The molecule has 136 valence electrons. The first-order chi connectivity index (χ1) is 12.8. The highest BCUT2D eigenvalue weighted by Gasteiger charge is 2.16. The van der Waals surface area contributed by atoms with Gasteiger partial charge in [0.1, 0.15) is 0 Å². The van der Waals surface area contributed by atoms with Crippen LogP contribution in [0.1, 0.15) is 37.7 Å². The van der Waals surface area contributed by atoms with E-state index in [-0.39, 0.29) is 6.61 Å². The summed E-state index contributed by atoms with van der Waals surface area (Å²) >= 11 is 0. The van der Waals surface area contributed by atoms with E-state index in [0.29, 0.717) is 18.3 Å². The highest BCUT2D eigenvalue weighted by molar-refractivity contribution is 5.75. The van der Waals surface area contributed by atoms with Crippen molar-refractivity contribution in [2.75, 3.05) is 11.9 Å². The van der Waals surface area contributed by atoms with Gasteiger partial charge in [-0.3, -0.25) is 0 Å². The molecule has 1 aromatic carbocycles. The first-order valence-corrected chi connectivity index (χ1v) is 9.47. The monoisotopic (exact) mass is 351 g/mol. The second-order valence-electron chi connectivity index (χ2n) is 7.10. The Kier molecular flexibility index (Phi) is 5.11. The van der Waals surface area contributed by atoms with Gasteiger partial charge in [0, 0.05) is 25.0 Å². The number of aromatic nitrogens is 4. The fraction of sp³-hybridized carbons (Fsp3) is 0.450. The van der Waals surface area contributed by atoms with E-state index in [9.17, 15) is 0 Å². The maximum absolute atomic E-state index is 9.00. The van der Waals surface area contributed by atoms with Crippen LogP contribution in [0.5, 0.6) is 0 Å².